The van der Waals surface area contributed by atoms with Crippen LogP contribution in [0.3, 0.4) is 0 Å². The third-order valence-electron chi connectivity index (χ3n) is 5.34. The van der Waals surface area contributed by atoms with Crippen molar-refractivity contribution in [3.63, 3.8) is 0 Å². The van der Waals surface area contributed by atoms with Crippen molar-refractivity contribution in [1.82, 2.24) is 0 Å². The van der Waals surface area contributed by atoms with E-state index in [1.54, 1.807) is 30.3 Å². The molecule has 2 amide bonds. The predicted octanol–water partition coefficient (Wildman–Crippen LogP) is 7.30. The second kappa shape index (κ2) is 9.65. The molecule has 1 saturated carbocycles. The van der Waals surface area contributed by atoms with Crippen LogP contribution in [0, 0.1) is 17.2 Å². The number of rotatable bonds is 5. The minimum absolute atomic E-state index is 0.280. The molecule has 10 heteroatoms. The number of hydrogen-bond acceptors (Lipinski definition) is 3. The predicted molar refractivity (Wildman–Crippen MR) is 136 cm³/mol. The number of nitrogens with zero attached hydrogens (tertiary/aromatic N) is 1. The van der Waals surface area contributed by atoms with Crippen LogP contribution in [-0.4, -0.2) is 16.1 Å². The Kier molecular flexibility index (Phi) is 7.00. The molecule has 3 aromatic rings. The number of nitrogens with one attached hydrogen (secondary N) is 2. The Morgan fingerprint density at radius 3 is 2.15 bits per heavy atom. The molecule has 0 saturated heterocycles. The van der Waals surface area contributed by atoms with Crippen LogP contribution in [0.2, 0.25) is 15.1 Å². The highest BCUT2D eigenvalue weighted by atomic mass is 35.5. The van der Waals surface area contributed by atoms with Gasteiger partial charge < -0.3 is 10.6 Å². The van der Waals surface area contributed by atoms with Gasteiger partial charge in [-0.15, -0.1) is 23.2 Å². The van der Waals surface area contributed by atoms with Gasteiger partial charge in [0.05, 0.1) is 28.3 Å². The first kappa shape index (κ1) is 24.7. The lowest BCUT2D eigenvalue weighted by atomic mass is 10.1. The smallest absolute Gasteiger partial charge is 0.255 e. The van der Waals surface area contributed by atoms with Crippen molar-refractivity contribution in [2.24, 2.45) is 5.92 Å². The molecule has 0 aliphatic heterocycles. The van der Waals surface area contributed by atoms with E-state index in [9.17, 15) is 9.59 Å². The Labute approximate surface area is 220 Å². The maximum atomic E-state index is 13.0. The summed E-state index contributed by atoms with van der Waals surface area (Å²) >= 11 is 31.2. The summed E-state index contributed by atoms with van der Waals surface area (Å²) in [4.78, 5) is 25.5. The molecule has 4 rings (SSSR count). The fraction of sp³-hybridized carbons (Fsp3) is 0.125. The molecule has 0 aromatic heterocycles. The first-order valence-corrected chi connectivity index (χ1v) is 11.7. The van der Waals surface area contributed by atoms with Gasteiger partial charge in [-0.1, -0.05) is 34.8 Å². The number of hydrogen-bond donors (Lipinski definition) is 2. The fourth-order valence-corrected chi connectivity index (χ4v) is 5.17. The Morgan fingerprint density at radius 2 is 1.53 bits per heavy atom. The van der Waals surface area contributed by atoms with Crippen LogP contribution in [0.5, 0.6) is 0 Å². The lowest BCUT2D eigenvalue weighted by Gasteiger charge is -2.11. The van der Waals surface area contributed by atoms with Crippen LogP contribution in [0.1, 0.15) is 27.4 Å². The summed E-state index contributed by atoms with van der Waals surface area (Å²) in [6, 6.07) is 17.7. The summed E-state index contributed by atoms with van der Waals surface area (Å²) in [5.41, 5.74) is 2.13. The van der Waals surface area contributed by atoms with E-state index in [2.05, 4.69) is 10.6 Å². The zero-order valence-corrected chi connectivity index (χ0v) is 20.9. The summed E-state index contributed by atoms with van der Waals surface area (Å²) in [7, 11) is 0. The average Bonchev–Trinajstić information content (AvgIpc) is 3.37. The van der Waals surface area contributed by atoms with Crippen LogP contribution >= 0.6 is 58.0 Å². The number of anilines is 2. The van der Waals surface area contributed by atoms with Crippen molar-refractivity contribution in [3.05, 3.63) is 92.4 Å². The van der Waals surface area contributed by atoms with E-state index in [0.29, 0.717) is 38.1 Å². The maximum absolute atomic E-state index is 13.0. The van der Waals surface area contributed by atoms with Crippen molar-refractivity contribution in [1.29, 1.82) is 5.26 Å². The molecular formula is C24H14Cl5N3O2. The van der Waals surface area contributed by atoms with Gasteiger partial charge in [-0.05, 0) is 66.2 Å². The van der Waals surface area contributed by atoms with Crippen molar-refractivity contribution in [3.8, 4) is 6.07 Å². The highest BCUT2D eigenvalue weighted by Crippen LogP contribution is 2.65. The molecular weight excluding hydrogens is 540 g/mol. The summed E-state index contributed by atoms with van der Waals surface area (Å²) in [6.07, 6.45) is 0. The number of carbonyl (C=O) groups is 2. The van der Waals surface area contributed by atoms with Gasteiger partial charge in [0.2, 0.25) is 5.91 Å². The van der Waals surface area contributed by atoms with Gasteiger partial charge in [0, 0.05) is 27.2 Å². The minimum atomic E-state index is -1.32. The highest BCUT2D eigenvalue weighted by Gasteiger charge is 2.67. The molecule has 5 nitrogen and oxygen atoms in total. The summed E-state index contributed by atoms with van der Waals surface area (Å²) in [5.74, 6) is -2.05. The Bertz CT molecular complexity index is 1320. The molecule has 0 radical (unpaired) electrons. The number of halogens is 5. The normalized spacial score (nSPS) is 18.0. The molecule has 2 atom stereocenters. The van der Waals surface area contributed by atoms with E-state index in [0.717, 1.165) is 0 Å². The van der Waals surface area contributed by atoms with Gasteiger partial charge in [0.25, 0.3) is 5.91 Å². The molecule has 0 spiro atoms. The number of amides is 2. The third kappa shape index (κ3) is 5.12. The van der Waals surface area contributed by atoms with Crippen LogP contribution in [-0.2, 0) is 4.79 Å². The van der Waals surface area contributed by atoms with Gasteiger partial charge >= 0.3 is 0 Å². The topological polar surface area (TPSA) is 82.0 Å². The van der Waals surface area contributed by atoms with Crippen molar-refractivity contribution in [2.75, 3.05) is 10.6 Å². The maximum Gasteiger partial charge on any atom is 0.255 e. The summed E-state index contributed by atoms with van der Waals surface area (Å²) in [5, 5.41) is 15.5. The minimum Gasteiger partial charge on any atom is -0.326 e. The quantitative estimate of drug-likeness (QED) is 0.325. The second-order valence-electron chi connectivity index (χ2n) is 7.66. The highest BCUT2D eigenvalue weighted by molar-refractivity contribution is 6.53. The van der Waals surface area contributed by atoms with Crippen molar-refractivity contribution in [2.45, 2.75) is 10.3 Å². The van der Waals surface area contributed by atoms with Gasteiger partial charge in [0.15, 0.2) is 0 Å². The summed E-state index contributed by atoms with van der Waals surface area (Å²) in [6.45, 7) is 0. The molecule has 1 aliphatic rings. The lowest BCUT2D eigenvalue weighted by molar-refractivity contribution is -0.117. The molecule has 34 heavy (non-hydrogen) atoms. The first-order valence-electron chi connectivity index (χ1n) is 9.86. The van der Waals surface area contributed by atoms with Gasteiger partial charge in [-0.25, -0.2) is 0 Å². The van der Waals surface area contributed by atoms with E-state index in [-0.39, 0.29) is 5.02 Å². The molecule has 1 aliphatic carbocycles. The molecule has 1 fully saturated rings. The largest absolute Gasteiger partial charge is 0.326 e. The van der Waals surface area contributed by atoms with Crippen LogP contribution in [0.4, 0.5) is 11.4 Å². The first-order chi connectivity index (χ1) is 16.1. The number of carbonyl (C=O) groups excluding carboxylic acids is 2. The molecule has 2 N–H and O–H groups in total. The van der Waals surface area contributed by atoms with E-state index >= 15 is 0 Å². The summed E-state index contributed by atoms with van der Waals surface area (Å²) < 4.78 is -1.32. The Morgan fingerprint density at radius 1 is 0.882 bits per heavy atom. The number of nitriles is 1. The standard InChI is InChI=1S/C24H14Cl5N3O2/c25-15-7-14(8-16(26)9-15)20-21(24(20,28)29)23(34)31-17-5-6-18(27)19(10-17)32-22(33)13-3-1-12(11-30)2-4-13/h1-10,20-21H,(H,31,34)(H,32,33). The lowest BCUT2D eigenvalue weighted by Crippen LogP contribution is -2.17. The van der Waals surface area contributed by atoms with Gasteiger partial charge in [-0.2, -0.15) is 5.26 Å². The molecule has 3 aromatic carbocycles. The zero-order chi connectivity index (χ0) is 24.6. The van der Waals surface area contributed by atoms with E-state index in [1.165, 1.54) is 30.3 Å². The van der Waals surface area contributed by atoms with Crippen LogP contribution in [0.15, 0.2) is 60.7 Å². The number of benzene rings is 3. The van der Waals surface area contributed by atoms with Crippen molar-refractivity contribution >= 4 is 81.2 Å². The molecule has 2 unspecified atom stereocenters. The van der Waals surface area contributed by atoms with Crippen LogP contribution < -0.4 is 10.6 Å². The van der Waals surface area contributed by atoms with Gasteiger partial charge in [-0.3, -0.25) is 9.59 Å². The zero-order valence-electron chi connectivity index (χ0n) is 17.1. The third-order valence-corrected chi connectivity index (χ3v) is 7.04. The average molecular weight is 554 g/mol. The van der Waals surface area contributed by atoms with Crippen molar-refractivity contribution < 1.29 is 9.59 Å². The Balaban J connectivity index is 1.49. The fourth-order valence-electron chi connectivity index (χ4n) is 3.63. The number of alkyl halides is 2. The second-order valence-corrected chi connectivity index (χ2v) is 10.4. The van der Waals surface area contributed by atoms with Gasteiger partial charge in [0.1, 0.15) is 4.33 Å². The molecule has 172 valence electrons. The SMILES string of the molecule is N#Cc1ccc(C(=O)Nc2cc(NC(=O)C3C(c4cc(Cl)cc(Cl)c4)C3(Cl)Cl)ccc2Cl)cc1. The molecule has 0 heterocycles. The molecule has 0 bridgehead atoms. The monoisotopic (exact) mass is 551 g/mol. The Hall–Kier alpha value is -2.46. The van der Waals surface area contributed by atoms with E-state index in [1.807, 2.05) is 6.07 Å². The van der Waals surface area contributed by atoms with E-state index < -0.39 is 28.0 Å². The van der Waals surface area contributed by atoms with E-state index in [4.69, 9.17) is 63.3 Å². The van der Waals surface area contributed by atoms with Crippen LogP contribution in [0.25, 0.3) is 0 Å².